The number of rotatable bonds is 2. The van der Waals surface area contributed by atoms with Crippen molar-refractivity contribution in [2.45, 2.75) is 24.9 Å². The second-order valence-electron chi connectivity index (χ2n) is 4.04. The SMILES string of the molecule is CNC1CSCCN(C2CC=CC2)C1=O. The Bertz CT molecular complexity index is 259. The Balaban J connectivity index is 2.04. The lowest BCUT2D eigenvalue weighted by Crippen LogP contribution is -2.49. The average Bonchev–Trinajstić information content (AvgIpc) is 2.70. The lowest BCUT2D eigenvalue weighted by atomic mass is 10.1. The van der Waals surface area contributed by atoms with E-state index in [4.69, 9.17) is 0 Å². The normalized spacial score (nSPS) is 28.5. The van der Waals surface area contributed by atoms with Gasteiger partial charge in [0.05, 0.1) is 6.04 Å². The highest BCUT2D eigenvalue weighted by Crippen LogP contribution is 2.21. The molecule has 1 aliphatic heterocycles. The summed E-state index contributed by atoms with van der Waals surface area (Å²) in [5.41, 5.74) is 0. The summed E-state index contributed by atoms with van der Waals surface area (Å²) in [5.74, 6) is 2.27. The van der Waals surface area contributed by atoms with Gasteiger partial charge >= 0.3 is 0 Å². The van der Waals surface area contributed by atoms with Crippen LogP contribution in [-0.4, -0.2) is 48.0 Å². The van der Waals surface area contributed by atoms with Gasteiger partial charge in [0.1, 0.15) is 0 Å². The molecule has 3 nitrogen and oxygen atoms in total. The molecule has 4 heteroatoms. The largest absolute Gasteiger partial charge is 0.337 e. The van der Waals surface area contributed by atoms with Crippen LogP contribution < -0.4 is 5.32 Å². The van der Waals surface area contributed by atoms with Crippen LogP contribution >= 0.6 is 11.8 Å². The molecule has 0 spiro atoms. The van der Waals surface area contributed by atoms with Gasteiger partial charge in [0.15, 0.2) is 0 Å². The topological polar surface area (TPSA) is 32.3 Å². The number of carbonyl (C=O) groups is 1. The molecular formula is C11H18N2OS. The summed E-state index contributed by atoms with van der Waals surface area (Å²) < 4.78 is 0. The van der Waals surface area contributed by atoms with Gasteiger partial charge in [-0.25, -0.2) is 0 Å². The van der Waals surface area contributed by atoms with Gasteiger partial charge in [-0.3, -0.25) is 4.79 Å². The maximum Gasteiger partial charge on any atom is 0.240 e. The number of amides is 1. The number of thioether (sulfide) groups is 1. The minimum Gasteiger partial charge on any atom is -0.337 e. The highest BCUT2D eigenvalue weighted by atomic mass is 32.2. The first-order valence-corrected chi connectivity index (χ1v) is 6.69. The second kappa shape index (κ2) is 5.03. The Morgan fingerprint density at radius 2 is 2.20 bits per heavy atom. The summed E-state index contributed by atoms with van der Waals surface area (Å²) in [7, 11) is 1.87. The Morgan fingerprint density at radius 1 is 1.47 bits per heavy atom. The van der Waals surface area contributed by atoms with E-state index in [1.165, 1.54) is 0 Å². The number of nitrogens with one attached hydrogen (secondary N) is 1. The standard InChI is InChI=1S/C11H18N2OS/c1-12-10-8-15-7-6-13(11(10)14)9-4-2-3-5-9/h2-3,9-10,12H,4-8H2,1H3. The van der Waals surface area contributed by atoms with Crippen molar-refractivity contribution in [3.63, 3.8) is 0 Å². The maximum absolute atomic E-state index is 12.2. The van der Waals surface area contributed by atoms with Gasteiger partial charge in [0.2, 0.25) is 5.91 Å². The van der Waals surface area contributed by atoms with Crippen LogP contribution in [0.15, 0.2) is 12.2 Å². The van der Waals surface area contributed by atoms with E-state index in [0.717, 1.165) is 30.9 Å². The molecule has 0 saturated carbocycles. The van der Waals surface area contributed by atoms with E-state index in [1.807, 2.05) is 18.8 Å². The van der Waals surface area contributed by atoms with E-state index in [2.05, 4.69) is 22.4 Å². The van der Waals surface area contributed by atoms with Crippen molar-refractivity contribution in [3.05, 3.63) is 12.2 Å². The summed E-state index contributed by atoms with van der Waals surface area (Å²) >= 11 is 1.87. The predicted molar refractivity (Wildman–Crippen MR) is 64.0 cm³/mol. The Kier molecular flexibility index (Phi) is 3.70. The number of likely N-dealkylation sites (N-methyl/N-ethyl adjacent to an activating group) is 1. The zero-order valence-corrected chi connectivity index (χ0v) is 9.93. The van der Waals surface area contributed by atoms with Crippen molar-refractivity contribution in [2.75, 3.05) is 25.1 Å². The molecule has 1 amide bonds. The van der Waals surface area contributed by atoms with Crippen LogP contribution in [0.5, 0.6) is 0 Å². The van der Waals surface area contributed by atoms with Gasteiger partial charge in [-0.2, -0.15) is 11.8 Å². The van der Waals surface area contributed by atoms with Crippen molar-refractivity contribution in [3.8, 4) is 0 Å². The molecule has 0 aromatic rings. The molecule has 1 N–H and O–H groups in total. The van der Waals surface area contributed by atoms with Crippen molar-refractivity contribution in [2.24, 2.45) is 0 Å². The number of hydrogen-bond donors (Lipinski definition) is 1. The van der Waals surface area contributed by atoms with Crippen LogP contribution in [-0.2, 0) is 4.79 Å². The number of hydrogen-bond acceptors (Lipinski definition) is 3. The van der Waals surface area contributed by atoms with Crippen LogP contribution in [0.25, 0.3) is 0 Å². The minimum atomic E-state index is 0.0121. The predicted octanol–water partition coefficient (Wildman–Crippen LogP) is 0.868. The molecule has 1 saturated heterocycles. The van der Waals surface area contributed by atoms with Crippen molar-refractivity contribution in [1.82, 2.24) is 10.2 Å². The third-order valence-corrected chi connectivity index (χ3v) is 4.15. The van der Waals surface area contributed by atoms with Crippen LogP contribution in [0.3, 0.4) is 0 Å². The van der Waals surface area contributed by atoms with Gasteiger partial charge in [0, 0.05) is 24.1 Å². The molecule has 2 rings (SSSR count). The molecule has 1 atom stereocenters. The molecule has 1 unspecified atom stereocenters. The van der Waals surface area contributed by atoms with E-state index in [1.54, 1.807) is 0 Å². The third kappa shape index (κ3) is 2.37. The smallest absolute Gasteiger partial charge is 0.240 e. The van der Waals surface area contributed by atoms with Crippen molar-refractivity contribution >= 4 is 17.7 Å². The average molecular weight is 226 g/mol. The third-order valence-electron chi connectivity index (χ3n) is 3.11. The molecule has 15 heavy (non-hydrogen) atoms. The van der Waals surface area contributed by atoms with Crippen molar-refractivity contribution < 1.29 is 4.79 Å². The maximum atomic E-state index is 12.2. The Labute approximate surface area is 95.3 Å². The van der Waals surface area contributed by atoms with Crippen LogP contribution in [0.2, 0.25) is 0 Å². The summed E-state index contributed by atoms with van der Waals surface area (Å²) in [6, 6.07) is 0.435. The Hall–Kier alpha value is -0.480. The molecular weight excluding hydrogens is 208 g/mol. The summed E-state index contributed by atoms with van der Waals surface area (Å²) in [5, 5.41) is 3.11. The molecule has 0 radical (unpaired) electrons. The zero-order chi connectivity index (χ0) is 10.7. The van der Waals surface area contributed by atoms with E-state index in [0.29, 0.717) is 6.04 Å². The number of nitrogens with zero attached hydrogens (tertiary/aromatic N) is 1. The quantitative estimate of drug-likeness (QED) is 0.709. The first-order chi connectivity index (χ1) is 7.33. The highest BCUT2D eigenvalue weighted by molar-refractivity contribution is 7.99. The lowest BCUT2D eigenvalue weighted by molar-refractivity contribution is -0.134. The van der Waals surface area contributed by atoms with Gasteiger partial charge in [-0.15, -0.1) is 0 Å². The molecule has 1 heterocycles. The van der Waals surface area contributed by atoms with E-state index in [9.17, 15) is 4.79 Å². The van der Waals surface area contributed by atoms with E-state index >= 15 is 0 Å². The van der Waals surface area contributed by atoms with E-state index in [-0.39, 0.29) is 11.9 Å². The fraction of sp³-hybridized carbons (Fsp3) is 0.727. The summed E-state index contributed by atoms with van der Waals surface area (Å²) in [6.07, 6.45) is 6.44. The molecule has 0 aromatic heterocycles. The second-order valence-corrected chi connectivity index (χ2v) is 5.19. The molecule has 84 valence electrons. The molecule has 0 aromatic carbocycles. The molecule has 0 bridgehead atoms. The Morgan fingerprint density at radius 3 is 2.87 bits per heavy atom. The highest BCUT2D eigenvalue weighted by Gasteiger charge is 2.30. The van der Waals surface area contributed by atoms with Crippen LogP contribution in [0.1, 0.15) is 12.8 Å². The zero-order valence-electron chi connectivity index (χ0n) is 9.11. The first kappa shape index (κ1) is 11.0. The number of carbonyl (C=O) groups excluding carboxylic acids is 1. The monoisotopic (exact) mass is 226 g/mol. The molecule has 2 aliphatic rings. The molecule has 1 fully saturated rings. The lowest BCUT2D eigenvalue weighted by Gasteiger charge is -2.29. The van der Waals surface area contributed by atoms with Crippen LogP contribution in [0, 0.1) is 0 Å². The van der Waals surface area contributed by atoms with Crippen LogP contribution in [0.4, 0.5) is 0 Å². The summed E-state index contributed by atoms with van der Waals surface area (Å²) in [4.78, 5) is 14.3. The van der Waals surface area contributed by atoms with Gasteiger partial charge in [0.25, 0.3) is 0 Å². The van der Waals surface area contributed by atoms with Gasteiger partial charge < -0.3 is 10.2 Å². The van der Waals surface area contributed by atoms with Gasteiger partial charge in [-0.1, -0.05) is 12.2 Å². The first-order valence-electron chi connectivity index (χ1n) is 5.53. The van der Waals surface area contributed by atoms with E-state index < -0.39 is 0 Å². The van der Waals surface area contributed by atoms with Crippen molar-refractivity contribution in [1.29, 1.82) is 0 Å². The fourth-order valence-corrected chi connectivity index (χ4v) is 3.21. The molecule has 1 aliphatic carbocycles. The summed E-state index contributed by atoms with van der Waals surface area (Å²) in [6.45, 7) is 0.911. The van der Waals surface area contributed by atoms with Gasteiger partial charge in [-0.05, 0) is 19.9 Å². The fourth-order valence-electron chi connectivity index (χ4n) is 2.17. The minimum absolute atomic E-state index is 0.0121.